The van der Waals surface area contributed by atoms with E-state index in [1.807, 2.05) is 6.07 Å². The molecular weight excluding hydrogens is 246 g/mol. The first kappa shape index (κ1) is 12.3. The first-order valence-electron chi connectivity index (χ1n) is 6.89. The Morgan fingerprint density at radius 1 is 1.44 bits per heavy atom. The lowest BCUT2D eigenvalue weighted by Gasteiger charge is -2.34. The van der Waals surface area contributed by atoms with E-state index in [-0.39, 0.29) is 0 Å². The van der Waals surface area contributed by atoms with Crippen molar-refractivity contribution in [2.45, 2.75) is 38.1 Å². The van der Waals surface area contributed by atoms with Crippen LogP contribution < -0.4 is 10.1 Å². The molecule has 2 nitrogen and oxygen atoms in total. The fourth-order valence-electron chi connectivity index (χ4n) is 3.08. The number of benzene rings is 1. The highest BCUT2D eigenvalue weighted by Crippen LogP contribution is 2.36. The summed E-state index contributed by atoms with van der Waals surface area (Å²) in [7, 11) is 2.06. The van der Waals surface area contributed by atoms with Crippen molar-refractivity contribution in [1.82, 2.24) is 5.32 Å². The zero-order valence-corrected chi connectivity index (χ0v) is 11.6. The summed E-state index contributed by atoms with van der Waals surface area (Å²) in [6, 6.07) is 4.69. The van der Waals surface area contributed by atoms with Crippen LogP contribution in [0.25, 0.3) is 0 Å². The third kappa shape index (κ3) is 2.24. The van der Waals surface area contributed by atoms with Gasteiger partial charge in [-0.2, -0.15) is 0 Å². The van der Waals surface area contributed by atoms with Crippen LogP contribution >= 0.6 is 11.6 Å². The molecule has 3 rings (SSSR count). The van der Waals surface area contributed by atoms with Crippen molar-refractivity contribution in [3.05, 3.63) is 28.3 Å². The second-order valence-corrected chi connectivity index (χ2v) is 5.88. The molecule has 18 heavy (non-hydrogen) atoms. The Hall–Kier alpha value is -0.730. The van der Waals surface area contributed by atoms with Gasteiger partial charge in [0.15, 0.2) is 0 Å². The number of rotatable bonds is 4. The van der Waals surface area contributed by atoms with E-state index in [4.69, 9.17) is 16.3 Å². The highest BCUT2D eigenvalue weighted by Gasteiger charge is 2.28. The SMILES string of the molecule is CNC(Cc1cc(Cl)cc2c1OCC2)C1CCC1. The Bertz CT molecular complexity index is 442. The zero-order chi connectivity index (χ0) is 12.5. The van der Waals surface area contributed by atoms with Crippen molar-refractivity contribution < 1.29 is 4.74 Å². The second-order valence-electron chi connectivity index (χ2n) is 5.44. The van der Waals surface area contributed by atoms with Crippen molar-refractivity contribution in [1.29, 1.82) is 0 Å². The summed E-state index contributed by atoms with van der Waals surface area (Å²) in [5.74, 6) is 1.92. The Morgan fingerprint density at radius 2 is 2.28 bits per heavy atom. The van der Waals surface area contributed by atoms with Crippen LogP contribution in [0.1, 0.15) is 30.4 Å². The lowest BCUT2D eigenvalue weighted by Crippen LogP contribution is -2.39. The molecule has 0 amide bonds. The number of hydrogen-bond donors (Lipinski definition) is 1. The molecule has 0 bridgehead atoms. The average molecular weight is 266 g/mol. The van der Waals surface area contributed by atoms with Crippen LogP contribution in [0.5, 0.6) is 5.75 Å². The van der Waals surface area contributed by atoms with Crippen molar-refractivity contribution in [2.24, 2.45) is 5.92 Å². The molecule has 1 heterocycles. The highest BCUT2D eigenvalue weighted by molar-refractivity contribution is 6.30. The van der Waals surface area contributed by atoms with Crippen molar-refractivity contribution in [2.75, 3.05) is 13.7 Å². The van der Waals surface area contributed by atoms with Gasteiger partial charge in [0.25, 0.3) is 0 Å². The fourth-order valence-corrected chi connectivity index (χ4v) is 3.34. The van der Waals surface area contributed by atoms with E-state index in [9.17, 15) is 0 Å². The lowest BCUT2D eigenvalue weighted by atomic mass is 9.77. The summed E-state index contributed by atoms with van der Waals surface area (Å²) >= 11 is 6.21. The molecule has 1 unspecified atom stereocenters. The van der Waals surface area contributed by atoms with Crippen LogP contribution in [0.15, 0.2) is 12.1 Å². The molecule has 0 aromatic heterocycles. The van der Waals surface area contributed by atoms with E-state index < -0.39 is 0 Å². The Labute approximate surface area is 114 Å². The zero-order valence-electron chi connectivity index (χ0n) is 10.8. The molecule has 3 heteroatoms. The summed E-state index contributed by atoms with van der Waals surface area (Å²) in [5, 5.41) is 4.31. The van der Waals surface area contributed by atoms with Crippen molar-refractivity contribution >= 4 is 11.6 Å². The van der Waals surface area contributed by atoms with Crippen LogP contribution in [-0.4, -0.2) is 19.7 Å². The maximum absolute atomic E-state index is 6.21. The summed E-state index contributed by atoms with van der Waals surface area (Å²) in [6.07, 6.45) is 6.12. The second kappa shape index (κ2) is 5.10. The van der Waals surface area contributed by atoms with Gasteiger partial charge in [0.2, 0.25) is 0 Å². The minimum absolute atomic E-state index is 0.561. The van der Waals surface area contributed by atoms with E-state index in [1.165, 1.54) is 30.4 Å². The molecule has 1 saturated carbocycles. The van der Waals surface area contributed by atoms with Gasteiger partial charge >= 0.3 is 0 Å². The summed E-state index contributed by atoms with van der Waals surface area (Å²) < 4.78 is 5.77. The summed E-state index contributed by atoms with van der Waals surface area (Å²) in [4.78, 5) is 0. The number of likely N-dealkylation sites (N-methyl/N-ethyl adjacent to an activating group) is 1. The van der Waals surface area contributed by atoms with Crippen LogP contribution in [0.4, 0.5) is 0 Å². The molecule has 1 atom stereocenters. The smallest absolute Gasteiger partial charge is 0.125 e. The van der Waals surface area contributed by atoms with Gasteiger partial charge in [-0.3, -0.25) is 0 Å². The molecular formula is C15H20ClNO. The molecule has 1 aliphatic heterocycles. The van der Waals surface area contributed by atoms with Crippen LogP contribution in [0, 0.1) is 5.92 Å². The Kier molecular flexibility index (Phi) is 3.49. The van der Waals surface area contributed by atoms with Gasteiger partial charge in [-0.25, -0.2) is 0 Å². The minimum Gasteiger partial charge on any atom is -0.493 e. The van der Waals surface area contributed by atoms with Gasteiger partial charge in [-0.1, -0.05) is 18.0 Å². The molecule has 0 spiro atoms. The van der Waals surface area contributed by atoms with Gasteiger partial charge in [0.05, 0.1) is 6.61 Å². The normalized spacial score (nSPS) is 20.1. The lowest BCUT2D eigenvalue weighted by molar-refractivity contribution is 0.234. The Morgan fingerprint density at radius 3 is 2.94 bits per heavy atom. The molecule has 98 valence electrons. The highest BCUT2D eigenvalue weighted by atomic mass is 35.5. The number of ether oxygens (including phenoxy) is 1. The predicted octanol–water partition coefficient (Wildman–Crippen LogP) is 3.21. The van der Waals surface area contributed by atoms with E-state index in [1.54, 1.807) is 0 Å². The third-order valence-corrected chi connectivity index (χ3v) is 4.57. The van der Waals surface area contributed by atoms with Crippen molar-refractivity contribution in [3.63, 3.8) is 0 Å². The molecule has 1 fully saturated rings. The van der Waals surface area contributed by atoms with Crippen LogP contribution in [0.2, 0.25) is 5.02 Å². The van der Waals surface area contributed by atoms with E-state index in [0.29, 0.717) is 6.04 Å². The fraction of sp³-hybridized carbons (Fsp3) is 0.600. The van der Waals surface area contributed by atoms with Gasteiger partial charge in [0, 0.05) is 17.5 Å². The quantitative estimate of drug-likeness (QED) is 0.903. The van der Waals surface area contributed by atoms with Gasteiger partial charge in [0.1, 0.15) is 5.75 Å². The van der Waals surface area contributed by atoms with Gasteiger partial charge < -0.3 is 10.1 Å². The van der Waals surface area contributed by atoms with Crippen LogP contribution in [-0.2, 0) is 12.8 Å². The maximum atomic E-state index is 6.21. The summed E-state index contributed by atoms with van der Waals surface area (Å²) in [6.45, 7) is 0.802. The molecule has 1 N–H and O–H groups in total. The first-order valence-corrected chi connectivity index (χ1v) is 7.27. The average Bonchev–Trinajstić information content (AvgIpc) is 2.73. The first-order chi connectivity index (χ1) is 8.78. The topological polar surface area (TPSA) is 21.3 Å². The Balaban J connectivity index is 1.83. The van der Waals surface area contributed by atoms with Gasteiger partial charge in [-0.15, -0.1) is 0 Å². The number of halogens is 1. The minimum atomic E-state index is 0.561. The molecule has 1 aromatic carbocycles. The van der Waals surface area contributed by atoms with Gasteiger partial charge in [-0.05, 0) is 55.5 Å². The number of nitrogens with one attached hydrogen (secondary N) is 1. The maximum Gasteiger partial charge on any atom is 0.125 e. The third-order valence-electron chi connectivity index (χ3n) is 4.35. The van der Waals surface area contributed by atoms with Crippen molar-refractivity contribution in [3.8, 4) is 5.75 Å². The predicted molar refractivity (Wildman–Crippen MR) is 74.5 cm³/mol. The molecule has 0 saturated heterocycles. The molecule has 1 aromatic rings. The molecule has 0 radical (unpaired) electrons. The standard InChI is InChI=1S/C15H20ClNO/c1-17-14(10-3-2-4-10)9-12-8-13(16)7-11-5-6-18-15(11)12/h7-8,10,14,17H,2-6,9H2,1H3. The summed E-state index contributed by atoms with van der Waals surface area (Å²) in [5.41, 5.74) is 2.56. The largest absolute Gasteiger partial charge is 0.493 e. The number of hydrogen-bond acceptors (Lipinski definition) is 2. The number of fused-ring (bicyclic) bond motifs is 1. The molecule has 1 aliphatic carbocycles. The van der Waals surface area contributed by atoms with Crippen LogP contribution in [0.3, 0.4) is 0 Å². The van der Waals surface area contributed by atoms with E-state index in [2.05, 4.69) is 18.4 Å². The van der Waals surface area contributed by atoms with E-state index >= 15 is 0 Å². The monoisotopic (exact) mass is 265 g/mol. The van der Waals surface area contributed by atoms with E-state index in [0.717, 1.165) is 36.1 Å². The molecule has 2 aliphatic rings.